The Balaban J connectivity index is 2.34. The van der Waals surface area contributed by atoms with Crippen molar-refractivity contribution in [2.24, 2.45) is 0 Å². The summed E-state index contributed by atoms with van der Waals surface area (Å²) in [6, 6.07) is 5.27. The van der Waals surface area contributed by atoms with E-state index in [0.29, 0.717) is 16.5 Å². The molecule has 20 heavy (non-hydrogen) atoms. The first-order valence-electron chi connectivity index (χ1n) is 6.00. The minimum atomic E-state index is -0.917. The second-order valence-electron chi connectivity index (χ2n) is 4.28. The molecule has 1 heterocycles. The molecule has 0 saturated heterocycles. The minimum absolute atomic E-state index is 0.0741. The Bertz CT molecular complexity index is 698. The zero-order valence-corrected chi connectivity index (χ0v) is 12.3. The molecule has 0 radical (unpaired) electrons. The first-order valence-corrected chi connectivity index (χ1v) is 6.79. The van der Waals surface area contributed by atoms with E-state index in [-0.39, 0.29) is 18.6 Å². The van der Waals surface area contributed by atoms with Gasteiger partial charge >= 0.3 is 5.97 Å². The van der Waals surface area contributed by atoms with E-state index in [9.17, 15) is 9.59 Å². The second kappa shape index (κ2) is 6.15. The monoisotopic (exact) mass is 340 g/mol. The number of halogens is 1. The smallest absolute Gasteiger partial charge is 0.305 e. The molecule has 0 bridgehead atoms. The van der Waals surface area contributed by atoms with Crippen LogP contribution in [0.15, 0.2) is 27.5 Å². The van der Waals surface area contributed by atoms with Gasteiger partial charge in [-0.05, 0) is 25.1 Å². The van der Waals surface area contributed by atoms with Crippen molar-refractivity contribution in [3.8, 4) is 0 Å². The molecular weight excluding hydrogens is 328 g/mol. The number of hydrogen-bond acceptors (Lipinski definition) is 4. The van der Waals surface area contributed by atoms with Crippen LogP contribution in [0.2, 0.25) is 0 Å². The molecule has 2 N–H and O–H groups in total. The van der Waals surface area contributed by atoms with Crippen molar-refractivity contribution in [2.45, 2.75) is 19.4 Å². The Kier molecular flexibility index (Phi) is 4.51. The number of carboxylic acid groups (broad SMARTS) is 1. The lowest BCUT2D eigenvalue weighted by Crippen LogP contribution is -2.14. The normalized spacial score (nSPS) is 12.5. The molecule has 0 aliphatic heterocycles. The highest BCUT2D eigenvalue weighted by Gasteiger charge is 2.14. The number of rotatable bonds is 5. The summed E-state index contributed by atoms with van der Waals surface area (Å²) in [4.78, 5) is 22.2. The van der Waals surface area contributed by atoms with E-state index in [1.54, 1.807) is 25.1 Å². The fourth-order valence-electron chi connectivity index (χ4n) is 1.87. The van der Waals surface area contributed by atoms with Gasteiger partial charge in [-0.3, -0.25) is 9.59 Å². The van der Waals surface area contributed by atoms with Crippen molar-refractivity contribution < 1.29 is 14.6 Å². The molecule has 6 nitrogen and oxygen atoms in total. The van der Waals surface area contributed by atoms with Crippen LogP contribution in [0, 0.1) is 0 Å². The van der Waals surface area contributed by atoms with Crippen molar-refractivity contribution in [1.82, 2.24) is 10.2 Å². The fraction of sp³-hybridized carbons (Fsp3) is 0.308. The maximum atomic E-state index is 11.7. The van der Waals surface area contributed by atoms with Crippen LogP contribution in [0.5, 0.6) is 0 Å². The Hall–Kier alpha value is -1.73. The van der Waals surface area contributed by atoms with Crippen LogP contribution in [-0.2, 0) is 9.53 Å². The first kappa shape index (κ1) is 14.7. The van der Waals surface area contributed by atoms with Crippen LogP contribution in [0.25, 0.3) is 10.8 Å². The summed E-state index contributed by atoms with van der Waals surface area (Å²) < 4.78 is 6.28. The van der Waals surface area contributed by atoms with Crippen molar-refractivity contribution in [3.05, 3.63) is 38.7 Å². The SMILES string of the molecule is CC(OCCC(=O)O)c1n[nH]c(=O)c2ccc(Br)cc12. The molecule has 2 rings (SSSR count). The zero-order valence-electron chi connectivity index (χ0n) is 10.7. The van der Waals surface area contributed by atoms with Crippen molar-refractivity contribution in [1.29, 1.82) is 0 Å². The number of aliphatic carboxylic acids is 1. The highest BCUT2D eigenvalue weighted by molar-refractivity contribution is 9.10. The van der Waals surface area contributed by atoms with E-state index in [4.69, 9.17) is 9.84 Å². The highest BCUT2D eigenvalue weighted by Crippen LogP contribution is 2.24. The number of carbonyl (C=O) groups is 1. The highest BCUT2D eigenvalue weighted by atomic mass is 79.9. The molecule has 0 fully saturated rings. The van der Waals surface area contributed by atoms with E-state index in [1.165, 1.54) is 0 Å². The fourth-order valence-corrected chi connectivity index (χ4v) is 2.23. The molecule has 1 aromatic carbocycles. The minimum Gasteiger partial charge on any atom is -0.481 e. The molecular formula is C13H13BrN2O4. The molecule has 1 aromatic heterocycles. The topological polar surface area (TPSA) is 92.3 Å². The number of nitrogens with zero attached hydrogens (tertiary/aromatic N) is 1. The number of nitrogens with one attached hydrogen (secondary N) is 1. The standard InChI is InChI=1S/C13H13BrN2O4/c1-7(20-5-4-11(17)18)12-10-6-8(14)2-3-9(10)13(19)16-15-12/h2-3,6-7H,4-5H2,1H3,(H,16,19)(H,17,18). The van der Waals surface area contributed by atoms with Crippen molar-refractivity contribution >= 4 is 32.7 Å². The van der Waals surface area contributed by atoms with Gasteiger partial charge in [0, 0.05) is 9.86 Å². The zero-order chi connectivity index (χ0) is 14.7. The summed E-state index contributed by atoms with van der Waals surface area (Å²) in [6.07, 6.45) is -0.488. The van der Waals surface area contributed by atoms with E-state index in [1.807, 2.05) is 0 Å². The van der Waals surface area contributed by atoms with Gasteiger partial charge in [0.15, 0.2) is 0 Å². The number of hydrogen-bond donors (Lipinski definition) is 2. The Labute approximate surface area is 122 Å². The number of carboxylic acids is 1. The Morgan fingerprint density at radius 3 is 2.95 bits per heavy atom. The van der Waals surface area contributed by atoms with Crippen molar-refractivity contribution in [3.63, 3.8) is 0 Å². The lowest BCUT2D eigenvalue weighted by molar-refractivity contribution is -0.138. The van der Waals surface area contributed by atoms with Gasteiger partial charge in [0.2, 0.25) is 0 Å². The lowest BCUT2D eigenvalue weighted by atomic mass is 10.1. The summed E-state index contributed by atoms with van der Waals surface area (Å²) in [6.45, 7) is 1.86. The lowest BCUT2D eigenvalue weighted by Gasteiger charge is -2.13. The van der Waals surface area contributed by atoms with Crippen LogP contribution in [0.3, 0.4) is 0 Å². The van der Waals surface area contributed by atoms with Crippen LogP contribution < -0.4 is 5.56 Å². The van der Waals surface area contributed by atoms with Crippen LogP contribution in [-0.4, -0.2) is 27.9 Å². The molecule has 106 valence electrons. The molecule has 2 aromatic rings. The summed E-state index contributed by atoms with van der Waals surface area (Å²) in [5.74, 6) is -0.917. The second-order valence-corrected chi connectivity index (χ2v) is 5.20. The van der Waals surface area contributed by atoms with Crippen molar-refractivity contribution in [2.75, 3.05) is 6.61 Å². The maximum Gasteiger partial charge on any atom is 0.305 e. The largest absolute Gasteiger partial charge is 0.481 e. The van der Waals surface area contributed by atoms with Gasteiger partial charge in [0.05, 0.1) is 30.2 Å². The summed E-state index contributed by atoms with van der Waals surface area (Å²) in [5, 5.41) is 16.2. The van der Waals surface area contributed by atoms with Gasteiger partial charge in [-0.2, -0.15) is 5.10 Å². The number of aromatic nitrogens is 2. The number of fused-ring (bicyclic) bond motifs is 1. The third-order valence-corrected chi connectivity index (χ3v) is 3.34. The van der Waals surface area contributed by atoms with Gasteiger partial charge in [0.25, 0.3) is 5.56 Å². The molecule has 1 unspecified atom stereocenters. The van der Waals surface area contributed by atoms with E-state index in [2.05, 4.69) is 26.1 Å². The van der Waals surface area contributed by atoms with Crippen LogP contribution in [0.1, 0.15) is 25.1 Å². The first-order chi connectivity index (χ1) is 9.49. The van der Waals surface area contributed by atoms with Gasteiger partial charge in [0.1, 0.15) is 0 Å². The van der Waals surface area contributed by atoms with Gasteiger partial charge in [-0.1, -0.05) is 15.9 Å². The number of benzene rings is 1. The average molecular weight is 341 g/mol. The summed E-state index contributed by atoms with van der Waals surface area (Å²) >= 11 is 3.35. The molecule has 0 aliphatic carbocycles. The molecule has 0 saturated carbocycles. The molecule has 0 spiro atoms. The predicted molar refractivity (Wildman–Crippen MR) is 76.7 cm³/mol. The third-order valence-electron chi connectivity index (χ3n) is 2.85. The molecule has 7 heteroatoms. The Morgan fingerprint density at radius 1 is 1.50 bits per heavy atom. The summed E-state index contributed by atoms with van der Waals surface area (Å²) in [7, 11) is 0. The summed E-state index contributed by atoms with van der Waals surface area (Å²) in [5.41, 5.74) is 0.306. The molecule has 0 amide bonds. The van der Waals surface area contributed by atoms with Gasteiger partial charge in [-0.15, -0.1) is 0 Å². The van der Waals surface area contributed by atoms with Gasteiger partial charge < -0.3 is 9.84 Å². The predicted octanol–water partition coefficient (Wildman–Crippen LogP) is 2.24. The van der Waals surface area contributed by atoms with Gasteiger partial charge in [-0.25, -0.2) is 5.10 Å². The van der Waals surface area contributed by atoms with Crippen LogP contribution >= 0.6 is 15.9 Å². The number of H-pyrrole nitrogens is 1. The number of ether oxygens (including phenoxy) is 1. The molecule has 1 atom stereocenters. The Morgan fingerprint density at radius 2 is 2.25 bits per heavy atom. The van der Waals surface area contributed by atoms with E-state index >= 15 is 0 Å². The third kappa shape index (κ3) is 3.23. The van der Waals surface area contributed by atoms with Crippen LogP contribution in [0.4, 0.5) is 0 Å². The van der Waals surface area contributed by atoms with E-state index < -0.39 is 12.1 Å². The molecule has 0 aliphatic rings. The quantitative estimate of drug-likeness (QED) is 0.870. The maximum absolute atomic E-state index is 11.7. The number of aromatic amines is 1. The average Bonchev–Trinajstić information content (AvgIpc) is 2.38. The van der Waals surface area contributed by atoms with E-state index in [0.717, 1.165) is 4.47 Å².